The number of sulfonamides is 1. The summed E-state index contributed by atoms with van der Waals surface area (Å²) in [6.07, 6.45) is 0. The number of benzene rings is 3. The quantitative estimate of drug-likeness (QED) is 0.679. The second kappa shape index (κ2) is 7.90. The molecule has 0 radical (unpaired) electrons. The van der Waals surface area contributed by atoms with E-state index in [2.05, 4.69) is 10.0 Å². The molecule has 0 aliphatic rings. The lowest BCUT2D eigenvalue weighted by Crippen LogP contribution is -2.28. The lowest BCUT2D eigenvalue weighted by molar-refractivity contribution is -0.114. The Morgan fingerprint density at radius 1 is 0.926 bits per heavy atom. The molecule has 3 rings (SSSR count). The number of rotatable bonds is 6. The van der Waals surface area contributed by atoms with Gasteiger partial charge in [0.1, 0.15) is 0 Å². The zero-order chi connectivity index (χ0) is 19.4. The number of hydrogen-bond donors (Lipinski definition) is 2. The van der Waals surface area contributed by atoms with Crippen LogP contribution >= 0.6 is 0 Å². The van der Waals surface area contributed by atoms with Gasteiger partial charge >= 0.3 is 0 Å². The van der Waals surface area contributed by atoms with Gasteiger partial charge in [-0.2, -0.15) is 0 Å². The summed E-state index contributed by atoms with van der Waals surface area (Å²) in [5.74, 6) is -0.156. The fourth-order valence-corrected chi connectivity index (χ4v) is 4.38. The van der Waals surface area contributed by atoms with Crippen molar-refractivity contribution in [3.05, 3.63) is 72.3 Å². The fraction of sp³-hybridized carbons (Fsp3) is 0.190. The zero-order valence-corrected chi connectivity index (χ0v) is 16.1. The first-order chi connectivity index (χ1) is 12.9. The van der Waals surface area contributed by atoms with Crippen LogP contribution in [0.1, 0.15) is 25.3 Å². The van der Waals surface area contributed by atoms with Crippen molar-refractivity contribution in [3.63, 3.8) is 0 Å². The largest absolute Gasteiger partial charge is 0.326 e. The highest BCUT2D eigenvalue weighted by atomic mass is 32.2. The normalized spacial score (nSPS) is 12.7. The molecule has 1 unspecified atom stereocenters. The minimum Gasteiger partial charge on any atom is -0.326 e. The van der Waals surface area contributed by atoms with E-state index in [4.69, 9.17) is 0 Å². The molecule has 0 aliphatic carbocycles. The Kier molecular flexibility index (Phi) is 5.58. The van der Waals surface area contributed by atoms with Gasteiger partial charge in [-0.1, -0.05) is 61.5 Å². The van der Waals surface area contributed by atoms with Crippen molar-refractivity contribution in [2.24, 2.45) is 0 Å². The predicted molar refractivity (Wildman–Crippen MR) is 108 cm³/mol. The van der Waals surface area contributed by atoms with Gasteiger partial charge in [-0.25, -0.2) is 13.1 Å². The van der Waals surface area contributed by atoms with Crippen LogP contribution in [0, 0.1) is 0 Å². The van der Waals surface area contributed by atoms with E-state index in [0.717, 1.165) is 5.56 Å². The summed E-state index contributed by atoms with van der Waals surface area (Å²) >= 11 is 0. The van der Waals surface area contributed by atoms with Crippen LogP contribution in [-0.4, -0.2) is 20.9 Å². The predicted octanol–water partition coefficient (Wildman–Crippen LogP) is 3.88. The molecule has 0 saturated heterocycles. The van der Waals surface area contributed by atoms with E-state index in [-0.39, 0.29) is 16.7 Å². The Bertz CT molecular complexity index is 1060. The van der Waals surface area contributed by atoms with Gasteiger partial charge < -0.3 is 5.32 Å². The maximum Gasteiger partial charge on any atom is 0.241 e. The number of fused-ring (bicyclic) bond motifs is 1. The Hall–Kier alpha value is -2.70. The molecule has 0 fully saturated rings. The molecule has 140 valence electrons. The highest BCUT2D eigenvalue weighted by molar-refractivity contribution is 7.89. The molecule has 0 spiro atoms. The van der Waals surface area contributed by atoms with Gasteiger partial charge in [0.15, 0.2) is 0 Å². The van der Waals surface area contributed by atoms with Gasteiger partial charge in [0, 0.05) is 29.9 Å². The van der Waals surface area contributed by atoms with Crippen LogP contribution in [0.15, 0.2) is 71.6 Å². The standard InChI is InChI=1S/C21H22N2O3S/c1-15(17-8-4-3-5-9-17)14-22-27(25,26)21-13-7-10-18-19(21)11-6-12-20(18)23-16(2)24/h3-13,15,22H,14H2,1-2H3,(H,23,24). The molecule has 0 aliphatic heterocycles. The van der Waals surface area contributed by atoms with Crippen LogP contribution in [0.3, 0.4) is 0 Å². The van der Waals surface area contributed by atoms with Crippen molar-refractivity contribution in [2.75, 3.05) is 11.9 Å². The van der Waals surface area contributed by atoms with Crippen LogP contribution in [0.2, 0.25) is 0 Å². The third-order valence-electron chi connectivity index (χ3n) is 4.43. The van der Waals surface area contributed by atoms with Crippen LogP contribution in [0.5, 0.6) is 0 Å². The Morgan fingerprint density at radius 2 is 1.59 bits per heavy atom. The van der Waals surface area contributed by atoms with E-state index >= 15 is 0 Å². The fourth-order valence-electron chi connectivity index (χ4n) is 3.03. The van der Waals surface area contributed by atoms with E-state index in [1.165, 1.54) is 6.92 Å². The zero-order valence-electron chi connectivity index (χ0n) is 15.3. The lowest BCUT2D eigenvalue weighted by atomic mass is 10.0. The first-order valence-electron chi connectivity index (χ1n) is 8.72. The Morgan fingerprint density at radius 3 is 2.30 bits per heavy atom. The monoisotopic (exact) mass is 382 g/mol. The topological polar surface area (TPSA) is 75.3 Å². The van der Waals surface area contributed by atoms with Crippen LogP contribution in [-0.2, 0) is 14.8 Å². The first-order valence-corrected chi connectivity index (χ1v) is 10.2. The molecule has 1 amide bonds. The van der Waals surface area contributed by atoms with Gasteiger partial charge in [0.05, 0.1) is 4.90 Å². The summed E-state index contributed by atoms with van der Waals surface area (Å²) in [5.41, 5.74) is 1.67. The molecule has 27 heavy (non-hydrogen) atoms. The minimum absolute atomic E-state index is 0.0471. The van der Waals surface area contributed by atoms with E-state index < -0.39 is 10.0 Å². The summed E-state index contributed by atoms with van der Waals surface area (Å²) < 4.78 is 28.5. The molecule has 3 aromatic rings. The highest BCUT2D eigenvalue weighted by Gasteiger charge is 2.19. The maximum absolute atomic E-state index is 12.9. The summed E-state index contributed by atoms with van der Waals surface area (Å²) in [6, 6.07) is 20.1. The van der Waals surface area contributed by atoms with Crippen molar-refractivity contribution in [3.8, 4) is 0 Å². The molecule has 0 bridgehead atoms. The van der Waals surface area contributed by atoms with E-state index in [1.807, 2.05) is 37.3 Å². The van der Waals surface area contributed by atoms with Crippen LogP contribution in [0.25, 0.3) is 10.8 Å². The van der Waals surface area contributed by atoms with Crippen molar-refractivity contribution < 1.29 is 13.2 Å². The number of nitrogens with one attached hydrogen (secondary N) is 2. The van der Waals surface area contributed by atoms with Gasteiger partial charge in [-0.15, -0.1) is 0 Å². The molecule has 0 heterocycles. The summed E-state index contributed by atoms with van der Waals surface area (Å²) in [4.78, 5) is 11.6. The average Bonchev–Trinajstić information content (AvgIpc) is 2.66. The molecule has 0 saturated carbocycles. The Balaban J connectivity index is 1.90. The molecule has 2 N–H and O–H groups in total. The maximum atomic E-state index is 12.9. The second-order valence-corrected chi connectivity index (χ2v) is 8.24. The van der Waals surface area contributed by atoms with Gasteiger partial charge in [0.2, 0.25) is 15.9 Å². The first kappa shape index (κ1) is 19.1. The summed E-state index contributed by atoms with van der Waals surface area (Å²) in [7, 11) is -3.70. The molecule has 1 atom stereocenters. The number of anilines is 1. The van der Waals surface area contributed by atoms with Crippen molar-refractivity contribution in [1.82, 2.24) is 4.72 Å². The molecule has 5 nitrogen and oxygen atoms in total. The van der Waals surface area contributed by atoms with Crippen molar-refractivity contribution in [1.29, 1.82) is 0 Å². The second-order valence-electron chi connectivity index (χ2n) is 6.50. The number of carbonyl (C=O) groups is 1. The minimum atomic E-state index is -3.70. The van der Waals surface area contributed by atoms with Gasteiger partial charge in [0.25, 0.3) is 0 Å². The van der Waals surface area contributed by atoms with Crippen molar-refractivity contribution in [2.45, 2.75) is 24.7 Å². The number of amides is 1. The third kappa shape index (κ3) is 4.35. The SMILES string of the molecule is CC(=O)Nc1cccc2c(S(=O)(=O)NCC(C)c3ccccc3)cccc12. The number of hydrogen-bond acceptors (Lipinski definition) is 3. The third-order valence-corrected chi connectivity index (χ3v) is 5.91. The molecule has 3 aromatic carbocycles. The van der Waals surface area contributed by atoms with Crippen molar-refractivity contribution >= 4 is 32.4 Å². The van der Waals surface area contributed by atoms with Crippen LogP contribution < -0.4 is 10.0 Å². The summed E-state index contributed by atoms with van der Waals surface area (Å²) in [6.45, 7) is 3.70. The lowest BCUT2D eigenvalue weighted by Gasteiger charge is -2.15. The smallest absolute Gasteiger partial charge is 0.241 e. The number of carbonyl (C=O) groups excluding carboxylic acids is 1. The van der Waals surface area contributed by atoms with E-state index in [1.54, 1.807) is 36.4 Å². The van der Waals surface area contributed by atoms with E-state index in [0.29, 0.717) is 23.0 Å². The molecule has 6 heteroatoms. The summed E-state index contributed by atoms with van der Waals surface area (Å²) in [5, 5.41) is 4.00. The molecular weight excluding hydrogens is 360 g/mol. The Labute approximate surface area is 159 Å². The van der Waals surface area contributed by atoms with Gasteiger partial charge in [-0.3, -0.25) is 4.79 Å². The highest BCUT2D eigenvalue weighted by Crippen LogP contribution is 2.29. The van der Waals surface area contributed by atoms with Crippen LogP contribution in [0.4, 0.5) is 5.69 Å². The van der Waals surface area contributed by atoms with Gasteiger partial charge in [-0.05, 0) is 23.6 Å². The average molecular weight is 382 g/mol. The molecular formula is C21H22N2O3S. The molecule has 0 aromatic heterocycles. The van der Waals surface area contributed by atoms with E-state index in [9.17, 15) is 13.2 Å².